The standard InChI is InChI=1S/C50H70O17/c1-26(51)32-15-16-37(54)49(32,6)38(65-39(55)17-14-30-12-10-9-11-13-30)22-33-34(52)19-21-50(58)25-31(18-20-48(33,50)5)64-47-43(57)46(60-8)45(29(4)63-47)67-40-23-35(53)44(28(3)62-40)66-41-24-36(59-7)42(56)27(2)61-41/h9-14,17,19,21,27-29,31-33,35-36,38,40-47,53,56-58H,15-16,18,20,22-25H2,1-8H3/b17-14+/t27-,28-,29+,31+,32-,33+,35+,36+,38+,40+,41+,42-,43+,44-,45+,46+,47+,48-,49-,50+/m1/s1. The lowest BCUT2D eigenvalue weighted by atomic mass is 9.52. The smallest absolute Gasteiger partial charge is 0.331 e. The maximum Gasteiger partial charge on any atom is 0.331 e. The zero-order chi connectivity index (χ0) is 48.6. The monoisotopic (exact) mass is 942 g/mol. The minimum absolute atomic E-state index is 0.0191. The Bertz CT molecular complexity index is 1960. The van der Waals surface area contributed by atoms with Crippen LogP contribution in [0, 0.1) is 22.7 Å². The van der Waals surface area contributed by atoms with E-state index in [9.17, 15) is 39.6 Å². The summed E-state index contributed by atoms with van der Waals surface area (Å²) in [6.07, 6.45) is -5.89. The van der Waals surface area contributed by atoms with Gasteiger partial charge in [0.05, 0.1) is 47.6 Å². The van der Waals surface area contributed by atoms with Gasteiger partial charge in [0.15, 0.2) is 24.7 Å². The van der Waals surface area contributed by atoms with Crippen molar-refractivity contribution >= 4 is 29.4 Å². The molecule has 67 heavy (non-hydrogen) atoms. The Kier molecular flexibility index (Phi) is 16.1. The molecular formula is C50H70O17. The number of fused-ring (bicyclic) bond motifs is 1. The summed E-state index contributed by atoms with van der Waals surface area (Å²) >= 11 is 0. The van der Waals surface area contributed by atoms with Crippen molar-refractivity contribution in [3.05, 3.63) is 54.1 Å². The molecule has 0 radical (unpaired) electrons. The molecule has 6 aliphatic rings. The molecule has 7 rings (SSSR count). The van der Waals surface area contributed by atoms with Gasteiger partial charge in [0, 0.05) is 63.2 Å². The number of carbonyl (C=O) groups is 4. The molecule has 0 spiro atoms. The Balaban J connectivity index is 1.00. The van der Waals surface area contributed by atoms with Crippen molar-refractivity contribution in [1.82, 2.24) is 0 Å². The fraction of sp³-hybridized carbons (Fsp3) is 0.720. The van der Waals surface area contributed by atoms with Gasteiger partial charge in [-0.1, -0.05) is 37.3 Å². The molecule has 1 aromatic rings. The topological polar surface area (TPSA) is 232 Å². The van der Waals surface area contributed by atoms with Crippen molar-refractivity contribution in [3.8, 4) is 0 Å². The molecule has 17 nitrogen and oxygen atoms in total. The van der Waals surface area contributed by atoms with Crippen LogP contribution >= 0.6 is 0 Å². The first-order valence-corrected chi connectivity index (χ1v) is 23.7. The number of methoxy groups -OCH3 is 2. The van der Waals surface area contributed by atoms with E-state index in [-0.39, 0.29) is 55.9 Å². The number of carbonyl (C=O) groups excluding carboxylic acids is 4. The second kappa shape index (κ2) is 21.0. The largest absolute Gasteiger partial charge is 0.458 e. The van der Waals surface area contributed by atoms with E-state index in [1.807, 2.05) is 37.3 Å². The summed E-state index contributed by atoms with van der Waals surface area (Å²) in [6, 6.07) is 9.15. The molecule has 3 saturated heterocycles. The molecule has 3 aliphatic heterocycles. The third-order valence-corrected chi connectivity index (χ3v) is 15.8. The molecule has 372 valence electrons. The molecule has 4 N–H and O–H groups in total. The number of ether oxygens (including phenoxy) is 9. The molecule has 20 atom stereocenters. The molecule has 0 aromatic heterocycles. The van der Waals surface area contributed by atoms with Crippen molar-refractivity contribution in [3.63, 3.8) is 0 Å². The molecule has 17 heteroatoms. The van der Waals surface area contributed by atoms with E-state index in [1.165, 1.54) is 39.4 Å². The normalized spacial score (nSPS) is 44.1. The van der Waals surface area contributed by atoms with Gasteiger partial charge in [0.2, 0.25) is 0 Å². The van der Waals surface area contributed by atoms with Gasteiger partial charge in [0.1, 0.15) is 48.2 Å². The maximum absolute atomic E-state index is 14.0. The second-order valence-electron chi connectivity index (χ2n) is 19.9. The van der Waals surface area contributed by atoms with Crippen LogP contribution in [0.1, 0.15) is 98.5 Å². The summed E-state index contributed by atoms with van der Waals surface area (Å²) in [5, 5.41) is 45.8. The number of benzene rings is 1. The number of allylic oxidation sites excluding steroid dienone is 1. The first-order chi connectivity index (χ1) is 31.7. The first-order valence-electron chi connectivity index (χ1n) is 23.7. The van der Waals surface area contributed by atoms with Gasteiger partial charge in [0.25, 0.3) is 0 Å². The number of aliphatic hydroxyl groups is 4. The molecule has 0 bridgehead atoms. The quantitative estimate of drug-likeness (QED) is 0.146. The summed E-state index contributed by atoms with van der Waals surface area (Å²) < 4.78 is 54.4. The molecule has 3 aliphatic carbocycles. The highest BCUT2D eigenvalue weighted by atomic mass is 16.7. The lowest BCUT2D eigenvalue weighted by molar-refractivity contribution is -0.354. The molecule has 2 saturated carbocycles. The van der Waals surface area contributed by atoms with Crippen molar-refractivity contribution in [2.24, 2.45) is 22.7 Å². The van der Waals surface area contributed by atoms with Crippen LogP contribution in [0.5, 0.6) is 0 Å². The van der Waals surface area contributed by atoms with E-state index in [4.69, 9.17) is 42.6 Å². The minimum atomic E-state index is -1.61. The van der Waals surface area contributed by atoms with E-state index in [0.717, 1.165) is 5.56 Å². The molecule has 0 amide bonds. The fourth-order valence-electron chi connectivity index (χ4n) is 11.6. The van der Waals surface area contributed by atoms with Crippen molar-refractivity contribution in [2.45, 2.75) is 191 Å². The maximum atomic E-state index is 14.0. The van der Waals surface area contributed by atoms with Gasteiger partial charge >= 0.3 is 5.97 Å². The van der Waals surface area contributed by atoms with Crippen LogP contribution in [-0.4, -0.2) is 156 Å². The highest BCUT2D eigenvalue weighted by Crippen LogP contribution is 2.57. The number of esters is 1. The number of ketones is 3. The predicted octanol–water partition coefficient (Wildman–Crippen LogP) is 3.54. The molecule has 0 unspecified atom stereocenters. The van der Waals surface area contributed by atoms with Crippen molar-refractivity contribution < 1.29 is 82.2 Å². The predicted molar refractivity (Wildman–Crippen MR) is 238 cm³/mol. The SMILES string of the molecule is CO[C@H]1[C@H](O)[C@H](O[C@H]2CC[C@]3(C)[C@@H](C[C@H](OC(=O)/C=C/c4ccccc4)[C@@]4(C)C(=O)CC[C@@H]4C(C)=O)C(=O)C=C[C@]3(O)C2)O[C@@H](C)[C@@H]1O[C@H]1C[C@H](O)[C@H](O[C@H]2C[C@H](OC)[C@H](O)[C@@H](C)O2)[C@@H](C)O1. The summed E-state index contributed by atoms with van der Waals surface area (Å²) in [5.41, 5.74) is -3.36. The Morgan fingerprint density at radius 1 is 0.851 bits per heavy atom. The minimum Gasteiger partial charge on any atom is -0.458 e. The second-order valence-corrected chi connectivity index (χ2v) is 19.9. The van der Waals surface area contributed by atoms with E-state index in [0.29, 0.717) is 12.8 Å². The average molecular weight is 943 g/mol. The zero-order valence-corrected chi connectivity index (χ0v) is 39.8. The summed E-state index contributed by atoms with van der Waals surface area (Å²) in [6.45, 7) is 10.1. The molecule has 1 aromatic carbocycles. The van der Waals surface area contributed by atoms with Crippen LogP contribution in [0.4, 0.5) is 0 Å². The van der Waals surface area contributed by atoms with Crippen LogP contribution in [0.3, 0.4) is 0 Å². The molecular weight excluding hydrogens is 873 g/mol. The fourth-order valence-corrected chi connectivity index (χ4v) is 11.6. The van der Waals surface area contributed by atoms with Gasteiger partial charge in [-0.2, -0.15) is 0 Å². The van der Waals surface area contributed by atoms with Crippen LogP contribution in [0.25, 0.3) is 6.08 Å². The van der Waals surface area contributed by atoms with Gasteiger partial charge in [-0.25, -0.2) is 4.79 Å². The van der Waals surface area contributed by atoms with Gasteiger partial charge in [-0.05, 0) is 84.1 Å². The van der Waals surface area contributed by atoms with Crippen LogP contribution in [-0.2, 0) is 61.8 Å². The Morgan fingerprint density at radius 3 is 2.19 bits per heavy atom. The van der Waals surface area contributed by atoms with Crippen molar-refractivity contribution in [2.75, 3.05) is 14.2 Å². The number of hydrogen-bond acceptors (Lipinski definition) is 17. The number of aliphatic hydroxyl groups excluding tert-OH is 3. The van der Waals surface area contributed by atoms with E-state index in [1.54, 1.807) is 33.8 Å². The number of hydrogen-bond donors (Lipinski definition) is 4. The van der Waals surface area contributed by atoms with Gasteiger partial charge in [-0.3, -0.25) is 14.4 Å². The highest BCUT2D eigenvalue weighted by molar-refractivity contribution is 5.97. The van der Waals surface area contributed by atoms with Crippen LogP contribution in [0.15, 0.2) is 48.6 Å². The first kappa shape index (κ1) is 51.5. The highest BCUT2D eigenvalue weighted by Gasteiger charge is 2.62. The summed E-state index contributed by atoms with van der Waals surface area (Å²) in [7, 11) is 2.94. The number of rotatable bonds is 15. The number of Topliss-reactive ketones (excluding diaryl/α,β-unsaturated/α-hetero) is 2. The average Bonchev–Trinajstić information content (AvgIpc) is 3.60. The molecule has 3 heterocycles. The van der Waals surface area contributed by atoms with E-state index < -0.39 is 126 Å². The van der Waals surface area contributed by atoms with Gasteiger partial charge in [-0.15, -0.1) is 0 Å². The lowest BCUT2D eigenvalue weighted by Gasteiger charge is -2.55. The Morgan fingerprint density at radius 2 is 1.52 bits per heavy atom. The summed E-state index contributed by atoms with van der Waals surface area (Å²) in [4.78, 5) is 54.2. The molecule has 5 fully saturated rings. The van der Waals surface area contributed by atoms with Gasteiger partial charge < -0.3 is 63.1 Å². The van der Waals surface area contributed by atoms with E-state index in [2.05, 4.69) is 0 Å². The Labute approximate surface area is 392 Å². The third kappa shape index (κ3) is 10.4. The van der Waals surface area contributed by atoms with Crippen LogP contribution in [0.2, 0.25) is 0 Å². The Hall–Kier alpha value is -3.30. The zero-order valence-electron chi connectivity index (χ0n) is 39.8. The summed E-state index contributed by atoms with van der Waals surface area (Å²) in [5.74, 6) is -3.09. The third-order valence-electron chi connectivity index (χ3n) is 15.8. The lowest BCUT2D eigenvalue weighted by Crippen LogP contribution is -2.63. The van der Waals surface area contributed by atoms with E-state index >= 15 is 0 Å². The van der Waals surface area contributed by atoms with Crippen molar-refractivity contribution in [1.29, 1.82) is 0 Å². The van der Waals surface area contributed by atoms with Crippen LogP contribution < -0.4 is 0 Å².